The van der Waals surface area contributed by atoms with E-state index in [1.807, 2.05) is 0 Å². The molecule has 0 aromatic rings. The molecule has 0 amide bonds. The van der Waals surface area contributed by atoms with Gasteiger partial charge in [-0.15, -0.1) is 0 Å². The van der Waals surface area contributed by atoms with Gasteiger partial charge < -0.3 is 5.32 Å². The van der Waals surface area contributed by atoms with Gasteiger partial charge in [0.2, 0.25) is 10.0 Å². The molecule has 4 nitrogen and oxygen atoms in total. The first kappa shape index (κ1) is 15.9. The lowest BCUT2D eigenvalue weighted by Gasteiger charge is -2.20. The van der Waals surface area contributed by atoms with E-state index in [0.717, 1.165) is 38.6 Å². The summed E-state index contributed by atoms with van der Waals surface area (Å²) >= 11 is 0. The van der Waals surface area contributed by atoms with E-state index in [0.29, 0.717) is 6.54 Å². The molecular weight excluding hydrogens is 248 g/mol. The largest absolute Gasteiger partial charge is 0.315 e. The molecule has 0 saturated heterocycles. The Morgan fingerprint density at radius 1 is 1.17 bits per heavy atom. The maximum Gasteiger partial charge on any atom is 0.215 e. The van der Waals surface area contributed by atoms with Crippen molar-refractivity contribution in [1.82, 2.24) is 10.0 Å². The summed E-state index contributed by atoms with van der Waals surface area (Å²) in [6.45, 7) is 5.27. The molecule has 0 aliphatic heterocycles. The van der Waals surface area contributed by atoms with Crippen molar-refractivity contribution < 1.29 is 8.42 Å². The second kappa shape index (κ2) is 8.12. The lowest BCUT2D eigenvalue weighted by atomic mass is 10.1. The van der Waals surface area contributed by atoms with Gasteiger partial charge in [-0.3, -0.25) is 0 Å². The van der Waals surface area contributed by atoms with Crippen molar-refractivity contribution in [3.8, 4) is 0 Å². The van der Waals surface area contributed by atoms with Crippen molar-refractivity contribution in [2.75, 3.05) is 13.1 Å². The van der Waals surface area contributed by atoms with Crippen molar-refractivity contribution in [2.45, 2.75) is 70.1 Å². The first-order chi connectivity index (χ1) is 8.56. The smallest absolute Gasteiger partial charge is 0.215 e. The topological polar surface area (TPSA) is 58.2 Å². The first-order valence-electron chi connectivity index (χ1n) is 7.28. The number of nitrogens with one attached hydrogen (secondary N) is 2. The lowest BCUT2D eigenvalue weighted by Crippen LogP contribution is -2.43. The average Bonchev–Trinajstić information content (AvgIpc) is 2.57. The molecular formula is C13H28N2O2S. The van der Waals surface area contributed by atoms with E-state index < -0.39 is 10.0 Å². The van der Waals surface area contributed by atoms with E-state index in [1.165, 1.54) is 12.8 Å². The van der Waals surface area contributed by atoms with Crippen LogP contribution in [0.5, 0.6) is 0 Å². The quantitative estimate of drug-likeness (QED) is 0.552. The summed E-state index contributed by atoms with van der Waals surface area (Å²) in [5, 5.41) is 2.82. The van der Waals surface area contributed by atoms with E-state index in [9.17, 15) is 8.42 Å². The molecule has 1 atom stereocenters. The van der Waals surface area contributed by atoms with Crippen LogP contribution in [-0.2, 0) is 10.0 Å². The van der Waals surface area contributed by atoms with Crippen LogP contribution in [0.1, 0.15) is 58.8 Å². The molecule has 1 rings (SSSR count). The molecule has 0 spiro atoms. The third-order valence-corrected chi connectivity index (χ3v) is 5.46. The van der Waals surface area contributed by atoms with Gasteiger partial charge in [-0.25, -0.2) is 13.1 Å². The normalized spacial score (nSPS) is 20.6. The summed E-state index contributed by atoms with van der Waals surface area (Å²) < 4.78 is 27.2. The van der Waals surface area contributed by atoms with Crippen molar-refractivity contribution >= 4 is 10.0 Å². The summed E-state index contributed by atoms with van der Waals surface area (Å²) in [5.74, 6) is 0. The highest BCUT2D eigenvalue weighted by Gasteiger charge is 2.24. The minimum absolute atomic E-state index is 0.158. The van der Waals surface area contributed by atoms with Gasteiger partial charge in [-0.1, -0.05) is 32.6 Å². The highest BCUT2D eigenvalue weighted by molar-refractivity contribution is 7.90. The molecule has 1 unspecified atom stereocenters. The van der Waals surface area contributed by atoms with E-state index in [2.05, 4.69) is 17.0 Å². The molecule has 0 radical (unpaired) electrons. The zero-order chi connectivity index (χ0) is 13.4. The molecule has 18 heavy (non-hydrogen) atoms. The SMILES string of the molecule is CCCNCC(C)S(=O)(=O)NC1CCCCCC1. The molecule has 108 valence electrons. The van der Waals surface area contributed by atoms with Gasteiger partial charge in [0.05, 0.1) is 5.25 Å². The van der Waals surface area contributed by atoms with Gasteiger partial charge >= 0.3 is 0 Å². The van der Waals surface area contributed by atoms with Crippen molar-refractivity contribution in [3.63, 3.8) is 0 Å². The highest BCUT2D eigenvalue weighted by Crippen LogP contribution is 2.18. The Morgan fingerprint density at radius 2 is 1.78 bits per heavy atom. The Kier molecular flexibility index (Phi) is 7.19. The Morgan fingerprint density at radius 3 is 2.33 bits per heavy atom. The molecule has 1 aliphatic rings. The monoisotopic (exact) mass is 276 g/mol. The highest BCUT2D eigenvalue weighted by atomic mass is 32.2. The number of hydrogen-bond acceptors (Lipinski definition) is 3. The Balaban J connectivity index is 2.41. The second-order valence-corrected chi connectivity index (χ2v) is 7.50. The maximum absolute atomic E-state index is 12.2. The number of hydrogen-bond donors (Lipinski definition) is 2. The Bertz CT molecular complexity index is 309. The third-order valence-electron chi connectivity index (χ3n) is 3.57. The fraction of sp³-hybridized carbons (Fsp3) is 1.00. The van der Waals surface area contributed by atoms with E-state index >= 15 is 0 Å². The maximum atomic E-state index is 12.2. The zero-order valence-electron chi connectivity index (χ0n) is 11.7. The van der Waals surface area contributed by atoms with E-state index in [-0.39, 0.29) is 11.3 Å². The first-order valence-corrected chi connectivity index (χ1v) is 8.82. The van der Waals surface area contributed by atoms with Crippen LogP contribution in [-0.4, -0.2) is 32.8 Å². The van der Waals surface area contributed by atoms with Gasteiger partial charge in [0.15, 0.2) is 0 Å². The third kappa shape index (κ3) is 5.67. The summed E-state index contributed by atoms with van der Waals surface area (Å²) in [6, 6.07) is 0.158. The fourth-order valence-electron chi connectivity index (χ4n) is 2.34. The second-order valence-electron chi connectivity index (χ2n) is 5.37. The summed E-state index contributed by atoms with van der Waals surface area (Å²) in [5.41, 5.74) is 0. The van der Waals surface area contributed by atoms with Crippen LogP contribution in [0, 0.1) is 0 Å². The van der Waals surface area contributed by atoms with Crippen LogP contribution in [0.4, 0.5) is 0 Å². The van der Waals surface area contributed by atoms with Gasteiger partial charge in [0.25, 0.3) is 0 Å². The number of rotatable bonds is 7. The van der Waals surface area contributed by atoms with Gasteiger partial charge in [-0.05, 0) is 32.7 Å². The summed E-state index contributed by atoms with van der Waals surface area (Å²) in [7, 11) is -3.17. The molecule has 1 fully saturated rings. The van der Waals surface area contributed by atoms with Crippen molar-refractivity contribution in [2.24, 2.45) is 0 Å². The van der Waals surface area contributed by atoms with Gasteiger partial charge in [-0.2, -0.15) is 0 Å². The molecule has 2 N–H and O–H groups in total. The summed E-state index contributed by atoms with van der Waals surface area (Å²) in [4.78, 5) is 0. The number of sulfonamides is 1. The Hall–Kier alpha value is -0.130. The molecule has 0 aromatic heterocycles. The van der Waals surface area contributed by atoms with E-state index in [4.69, 9.17) is 0 Å². The van der Waals surface area contributed by atoms with Crippen LogP contribution in [0.3, 0.4) is 0 Å². The van der Waals surface area contributed by atoms with Gasteiger partial charge in [0.1, 0.15) is 0 Å². The molecule has 0 aromatic carbocycles. The van der Waals surface area contributed by atoms with Crippen molar-refractivity contribution in [1.29, 1.82) is 0 Å². The molecule has 1 aliphatic carbocycles. The summed E-state index contributed by atoms with van der Waals surface area (Å²) in [6.07, 6.45) is 7.80. The molecule has 0 heterocycles. The molecule has 5 heteroatoms. The Labute approximate surface area is 112 Å². The molecule has 1 saturated carbocycles. The van der Waals surface area contributed by atoms with Crippen LogP contribution >= 0.6 is 0 Å². The lowest BCUT2D eigenvalue weighted by molar-refractivity contribution is 0.499. The van der Waals surface area contributed by atoms with E-state index in [1.54, 1.807) is 6.92 Å². The van der Waals surface area contributed by atoms with Crippen LogP contribution in [0.25, 0.3) is 0 Å². The zero-order valence-corrected chi connectivity index (χ0v) is 12.6. The standard InChI is InChI=1S/C13H28N2O2S/c1-3-10-14-11-12(2)18(16,17)15-13-8-6-4-5-7-9-13/h12-15H,3-11H2,1-2H3. The minimum atomic E-state index is -3.17. The molecule has 0 bridgehead atoms. The minimum Gasteiger partial charge on any atom is -0.315 e. The van der Waals surface area contributed by atoms with Gasteiger partial charge in [0, 0.05) is 12.6 Å². The predicted molar refractivity (Wildman–Crippen MR) is 76.2 cm³/mol. The van der Waals surface area contributed by atoms with Crippen LogP contribution < -0.4 is 10.0 Å². The van der Waals surface area contributed by atoms with Crippen molar-refractivity contribution in [3.05, 3.63) is 0 Å². The van der Waals surface area contributed by atoms with Crippen LogP contribution in [0.15, 0.2) is 0 Å². The average molecular weight is 276 g/mol. The predicted octanol–water partition coefficient (Wildman–Crippen LogP) is 2.02. The fourth-order valence-corrected chi connectivity index (χ4v) is 3.61. The van der Waals surface area contributed by atoms with Crippen LogP contribution in [0.2, 0.25) is 0 Å².